The van der Waals surface area contributed by atoms with E-state index < -0.39 is 0 Å². The Morgan fingerprint density at radius 1 is 1.24 bits per heavy atom. The fraction of sp³-hybridized carbons (Fsp3) is 0.357. The highest BCUT2D eigenvalue weighted by molar-refractivity contribution is 5.87. The van der Waals surface area contributed by atoms with E-state index in [2.05, 4.69) is 6.92 Å². The summed E-state index contributed by atoms with van der Waals surface area (Å²) in [6.45, 7) is 2.83. The van der Waals surface area contributed by atoms with Crippen LogP contribution in [0.2, 0.25) is 0 Å². The Labute approximate surface area is 101 Å². The van der Waals surface area contributed by atoms with Crippen molar-refractivity contribution in [2.75, 3.05) is 6.61 Å². The van der Waals surface area contributed by atoms with Gasteiger partial charge in [0.05, 0.1) is 12.0 Å². The predicted octanol–water partition coefficient (Wildman–Crippen LogP) is 2.72. The quantitative estimate of drug-likeness (QED) is 0.758. The molecule has 0 unspecified atom stereocenters. The van der Waals surface area contributed by atoms with Gasteiger partial charge in [-0.2, -0.15) is 0 Å². The molecule has 90 valence electrons. The number of nitrogens with zero attached hydrogens (tertiary/aromatic N) is 1. The van der Waals surface area contributed by atoms with Crippen LogP contribution in [0.3, 0.4) is 0 Å². The van der Waals surface area contributed by atoms with Crippen LogP contribution >= 0.6 is 0 Å². The molecule has 0 bridgehead atoms. The molecule has 2 rings (SSSR count). The van der Waals surface area contributed by atoms with Gasteiger partial charge in [-0.25, -0.2) is 0 Å². The highest BCUT2D eigenvalue weighted by Gasteiger charge is 2.05. The monoisotopic (exact) mass is 231 g/mol. The molecule has 0 amide bonds. The Morgan fingerprint density at radius 2 is 2.06 bits per heavy atom. The molecule has 0 fully saturated rings. The lowest BCUT2D eigenvalue weighted by atomic mass is 10.1. The average Bonchev–Trinajstić information content (AvgIpc) is 2.35. The molecule has 0 saturated carbocycles. The molecule has 0 spiro atoms. The number of ether oxygens (including phenoxy) is 1. The molecule has 0 aliphatic rings. The van der Waals surface area contributed by atoms with Crippen molar-refractivity contribution in [3.05, 3.63) is 40.8 Å². The van der Waals surface area contributed by atoms with Crippen LogP contribution in [0.5, 0.6) is 5.75 Å². The first-order chi connectivity index (χ1) is 8.24. The van der Waals surface area contributed by atoms with Crippen molar-refractivity contribution < 1.29 is 4.74 Å². The van der Waals surface area contributed by atoms with Crippen molar-refractivity contribution in [2.24, 2.45) is 7.05 Å². The van der Waals surface area contributed by atoms with Crippen molar-refractivity contribution in [1.82, 2.24) is 4.57 Å². The molecule has 0 radical (unpaired) electrons. The van der Waals surface area contributed by atoms with Gasteiger partial charge in [0.15, 0.2) is 0 Å². The number of rotatable bonds is 4. The first-order valence-corrected chi connectivity index (χ1v) is 5.95. The Morgan fingerprint density at radius 3 is 2.82 bits per heavy atom. The zero-order chi connectivity index (χ0) is 12.3. The van der Waals surface area contributed by atoms with Crippen LogP contribution in [0, 0.1) is 0 Å². The van der Waals surface area contributed by atoms with E-state index in [1.807, 2.05) is 24.3 Å². The Kier molecular flexibility index (Phi) is 3.47. The highest BCUT2D eigenvalue weighted by Crippen LogP contribution is 2.23. The minimum atomic E-state index is 0.0171. The topological polar surface area (TPSA) is 31.2 Å². The van der Waals surface area contributed by atoms with Crippen LogP contribution in [0.4, 0.5) is 0 Å². The van der Waals surface area contributed by atoms with Crippen molar-refractivity contribution in [3.8, 4) is 5.75 Å². The van der Waals surface area contributed by atoms with E-state index in [-0.39, 0.29) is 5.56 Å². The summed E-state index contributed by atoms with van der Waals surface area (Å²) >= 11 is 0. The van der Waals surface area contributed by atoms with E-state index in [9.17, 15) is 4.79 Å². The molecule has 0 aliphatic carbocycles. The summed E-state index contributed by atoms with van der Waals surface area (Å²) in [6.07, 6.45) is 3.91. The van der Waals surface area contributed by atoms with Crippen LogP contribution in [0.25, 0.3) is 10.8 Å². The molecule has 0 N–H and O–H groups in total. The molecule has 0 saturated heterocycles. The average molecular weight is 231 g/mol. The summed E-state index contributed by atoms with van der Waals surface area (Å²) in [6, 6.07) is 7.55. The molecule has 2 aromatic rings. The van der Waals surface area contributed by atoms with E-state index in [0.717, 1.165) is 24.0 Å². The van der Waals surface area contributed by atoms with E-state index >= 15 is 0 Å². The van der Waals surface area contributed by atoms with Crippen molar-refractivity contribution in [3.63, 3.8) is 0 Å². The number of unbranched alkanes of at least 4 members (excludes halogenated alkanes) is 1. The zero-order valence-electron chi connectivity index (χ0n) is 10.3. The normalized spacial score (nSPS) is 10.7. The van der Waals surface area contributed by atoms with Crippen LogP contribution in [0.1, 0.15) is 19.8 Å². The Balaban J connectivity index is 2.44. The number of aromatic nitrogens is 1. The van der Waals surface area contributed by atoms with E-state index in [4.69, 9.17) is 4.74 Å². The summed E-state index contributed by atoms with van der Waals surface area (Å²) in [5, 5.41) is 1.61. The molecule has 1 heterocycles. The SMILES string of the molecule is CCCCOc1cccc2c(=O)n(C)ccc12. The van der Waals surface area contributed by atoms with Crippen LogP contribution in [-0.2, 0) is 7.05 Å². The fourth-order valence-electron chi connectivity index (χ4n) is 1.80. The van der Waals surface area contributed by atoms with Gasteiger partial charge in [0.1, 0.15) is 5.75 Å². The van der Waals surface area contributed by atoms with Gasteiger partial charge >= 0.3 is 0 Å². The van der Waals surface area contributed by atoms with Crippen LogP contribution in [0.15, 0.2) is 35.3 Å². The van der Waals surface area contributed by atoms with Gasteiger partial charge in [-0.1, -0.05) is 19.4 Å². The van der Waals surface area contributed by atoms with E-state index in [1.165, 1.54) is 0 Å². The molecule has 0 atom stereocenters. The summed E-state index contributed by atoms with van der Waals surface area (Å²) in [5.41, 5.74) is 0.0171. The molecule has 1 aromatic heterocycles. The largest absolute Gasteiger partial charge is 0.493 e. The number of aryl methyl sites for hydroxylation is 1. The summed E-state index contributed by atoms with van der Waals surface area (Å²) in [4.78, 5) is 11.9. The fourth-order valence-corrected chi connectivity index (χ4v) is 1.80. The van der Waals surface area contributed by atoms with Gasteiger partial charge in [0.2, 0.25) is 0 Å². The molecule has 17 heavy (non-hydrogen) atoms. The lowest BCUT2D eigenvalue weighted by Crippen LogP contribution is -2.15. The second-order valence-corrected chi connectivity index (χ2v) is 4.15. The zero-order valence-corrected chi connectivity index (χ0v) is 10.3. The number of benzene rings is 1. The summed E-state index contributed by atoms with van der Waals surface area (Å²) in [5.74, 6) is 0.800. The van der Waals surface area contributed by atoms with Crippen molar-refractivity contribution in [1.29, 1.82) is 0 Å². The number of fused-ring (bicyclic) bond motifs is 1. The highest BCUT2D eigenvalue weighted by atomic mass is 16.5. The third-order valence-corrected chi connectivity index (χ3v) is 2.84. The van der Waals surface area contributed by atoms with E-state index in [1.54, 1.807) is 17.8 Å². The molecular weight excluding hydrogens is 214 g/mol. The number of hydrogen-bond acceptors (Lipinski definition) is 2. The van der Waals surface area contributed by atoms with Gasteiger partial charge in [0.25, 0.3) is 5.56 Å². The summed E-state index contributed by atoms with van der Waals surface area (Å²) < 4.78 is 7.29. The maximum atomic E-state index is 11.9. The van der Waals surface area contributed by atoms with Crippen molar-refractivity contribution >= 4 is 10.8 Å². The Bertz CT molecular complexity index is 572. The minimum absolute atomic E-state index is 0.0171. The minimum Gasteiger partial charge on any atom is -0.493 e. The first kappa shape index (κ1) is 11.7. The smallest absolute Gasteiger partial charge is 0.258 e. The third-order valence-electron chi connectivity index (χ3n) is 2.84. The second-order valence-electron chi connectivity index (χ2n) is 4.15. The summed E-state index contributed by atoms with van der Waals surface area (Å²) in [7, 11) is 1.76. The van der Waals surface area contributed by atoms with Crippen LogP contribution in [-0.4, -0.2) is 11.2 Å². The molecule has 3 heteroatoms. The predicted molar refractivity (Wildman–Crippen MR) is 69.6 cm³/mol. The molecule has 1 aromatic carbocycles. The molecule has 3 nitrogen and oxygen atoms in total. The third kappa shape index (κ3) is 2.33. The van der Waals surface area contributed by atoms with Gasteiger partial charge in [-0.05, 0) is 24.6 Å². The number of pyridine rings is 1. The number of hydrogen-bond donors (Lipinski definition) is 0. The molecular formula is C14H17NO2. The maximum absolute atomic E-state index is 11.9. The second kappa shape index (κ2) is 5.04. The van der Waals surface area contributed by atoms with Gasteiger partial charge in [-0.15, -0.1) is 0 Å². The first-order valence-electron chi connectivity index (χ1n) is 5.95. The standard InChI is InChI=1S/C14H17NO2/c1-3-4-10-17-13-7-5-6-12-11(13)8-9-15(2)14(12)16/h5-9H,3-4,10H2,1-2H3. The maximum Gasteiger partial charge on any atom is 0.258 e. The van der Waals surface area contributed by atoms with E-state index in [0.29, 0.717) is 12.0 Å². The Hall–Kier alpha value is -1.77. The van der Waals surface area contributed by atoms with Gasteiger partial charge in [0, 0.05) is 18.6 Å². The van der Waals surface area contributed by atoms with Gasteiger partial charge in [-0.3, -0.25) is 4.79 Å². The van der Waals surface area contributed by atoms with Gasteiger partial charge < -0.3 is 9.30 Å². The van der Waals surface area contributed by atoms with Crippen LogP contribution < -0.4 is 10.3 Å². The van der Waals surface area contributed by atoms with Crippen molar-refractivity contribution in [2.45, 2.75) is 19.8 Å². The molecule has 0 aliphatic heterocycles. The lowest BCUT2D eigenvalue weighted by Gasteiger charge is -2.09. The lowest BCUT2D eigenvalue weighted by molar-refractivity contribution is 0.313.